The lowest BCUT2D eigenvalue weighted by atomic mass is 10.1. The summed E-state index contributed by atoms with van der Waals surface area (Å²) in [6, 6.07) is 6.30. The third kappa shape index (κ3) is 3.19. The summed E-state index contributed by atoms with van der Waals surface area (Å²) < 4.78 is 0. The number of benzene rings is 1. The van der Waals surface area contributed by atoms with Gasteiger partial charge in [0.15, 0.2) is 0 Å². The largest absolute Gasteiger partial charge is 0.385 e. The van der Waals surface area contributed by atoms with Gasteiger partial charge in [0, 0.05) is 24.0 Å². The maximum Gasteiger partial charge on any atom is 0.253 e. The molecule has 3 nitrogen and oxygen atoms in total. The molecule has 1 saturated heterocycles. The molecule has 1 fully saturated rings. The first kappa shape index (κ1) is 13.3. The lowest BCUT2D eigenvalue weighted by molar-refractivity contribution is 0.0942. The number of hydrogen-bond donors (Lipinski definition) is 2. The second-order valence-corrected chi connectivity index (χ2v) is 5.76. The summed E-state index contributed by atoms with van der Waals surface area (Å²) in [5, 5.41) is 6.36. The fourth-order valence-electron chi connectivity index (χ4n) is 2.10. The highest BCUT2D eigenvalue weighted by molar-refractivity contribution is 7.99. The Bertz CT molecular complexity index is 428. The molecule has 0 aliphatic carbocycles. The van der Waals surface area contributed by atoms with Crippen molar-refractivity contribution < 1.29 is 4.79 Å². The average Bonchev–Trinajstić information content (AvgIpc) is 2.84. The molecule has 98 valence electrons. The van der Waals surface area contributed by atoms with Crippen LogP contribution in [0.25, 0.3) is 0 Å². The van der Waals surface area contributed by atoms with E-state index >= 15 is 0 Å². The Hall–Kier alpha value is -1.16. The van der Waals surface area contributed by atoms with Gasteiger partial charge in [0.1, 0.15) is 0 Å². The molecule has 1 unspecified atom stereocenters. The smallest absolute Gasteiger partial charge is 0.253 e. The summed E-state index contributed by atoms with van der Waals surface area (Å²) >= 11 is 1.91. The zero-order valence-electron chi connectivity index (χ0n) is 11.0. The first-order valence-corrected chi connectivity index (χ1v) is 7.59. The van der Waals surface area contributed by atoms with Crippen LogP contribution in [0.2, 0.25) is 0 Å². The highest BCUT2D eigenvalue weighted by Gasteiger charge is 2.19. The van der Waals surface area contributed by atoms with Crippen molar-refractivity contribution in [3.05, 3.63) is 29.3 Å². The molecule has 1 atom stereocenters. The fraction of sp³-hybridized carbons (Fsp3) is 0.500. The Morgan fingerprint density at radius 2 is 2.33 bits per heavy atom. The number of hydrogen-bond acceptors (Lipinski definition) is 3. The van der Waals surface area contributed by atoms with Crippen molar-refractivity contribution in [1.29, 1.82) is 0 Å². The summed E-state index contributed by atoms with van der Waals surface area (Å²) in [4.78, 5) is 12.3. The molecular formula is C14H20N2OS. The fourth-order valence-corrected chi connectivity index (χ4v) is 3.25. The van der Waals surface area contributed by atoms with Crippen LogP contribution in [-0.4, -0.2) is 30.0 Å². The zero-order chi connectivity index (χ0) is 13.0. The van der Waals surface area contributed by atoms with Gasteiger partial charge in [-0.1, -0.05) is 11.6 Å². The number of carbonyl (C=O) groups excluding carboxylic acids is 1. The zero-order valence-corrected chi connectivity index (χ0v) is 11.8. The van der Waals surface area contributed by atoms with Crippen molar-refractivity contribution in [3.63, 3.8) is 0 Å². The molecule has 1 aromatic carbocycles. The monoisotopic (exact) mass is 264 g/mol. The number of anilines is 1. The Balaban J connectivity index is 2.14. The van der Waals surface area contributed by atoms with Gasteiger partial charge in [-0.15, -0.1) is 0 Å². The van der Waals surface area contributed by atoms with Crippen LogP contribution in [0.5, 0.6) is 0 Å². The number of amides is 1. The Morgan fingerprint density at radius 3 is 3.00 bits per heavy atom. The van der Waals surface area contributed by atoms with Crippen LogP contribution in [-0.2, 0) is 0 Å². The van der Waals surface area contributed by atoms with Gasteiger partial charge in [-0.3, -0.25) is 4.79 Å². The molecule has 0 bridgehead atoms. The van der Waals surface area contributed by atoms with Gasteiger partial charge in [-0.2, -0.15) is 11.8 Å². The first-order valence-electron chi connectivity index (χ1n) is 6.44. The second kappa shape index (κ2) is 6.14. The minimum absolute atomic E-state index is 0.0437. The number of nitrogens with one attached hydrogen (secondary N) is 2. The summed E-state index contributed by atoms with van der Waals surface area (Å²) in [7, 11) is 0. The predicted octanol–water partition coefficient (Wildman–Crippen LogP) is 2.66. The van der Waals surface area contributed by atoms with Crippen LogP contribution in [0.1, 0.15) is 29.3 Å². The minimum Gasteiger partial charge on any atom is -0.385 e. The van der Waals surface area contributed by atoms with E-state index in [1.54, 1.807) is 0 Å². The van der Waals surface area contributed by atoms with Gasteiger partial charge >= 0.3 is 0 Å². The minimum atomic E-state index is 0.0437. The van der Waals surface area contributed by atoms with Crippen LogP contribution in [0.3, 0.4) is 0 Å². The van der Waals surface area contributed by atoms with Gasteiger partial charge in [-0.25, -0.2) is 0 Å². The number of rotatable bonds is 4. The van der Waals surface area contributed by atoms with Crippen molar-refractivity contribution in [3.8, 4) is 0 Å². The normalized spacial score (nSPS) is 18.7. The molecule has 0 radical (unpaired) electrons. The van der Waals surface area contributed by atoms with Crippen molar-refractivity contribution in [2.24, 2.45) is 0 Å². The first-order chi connectivity index (χ1) is 8.70. The molecule has 4 heteroatoms. The molecule has 1 heterocycles. The van der Waals surface area contributed by atoms with E-state index in [0.717, 1.165) is 41.3 Å². The van der Waals surface area contributed by atoms with E-state index in [1.807, 2.05) is 43.8 Å². The summed E-state index contributed by atoms with van der Waals surface area (Å²) in [5.41, 5.74) is 2.79. The van der Waals surface area contributed by atoms with Crippen LogP contribution >= 0.6 is 11.8 Å². The molecule has 0 spiro atoms. The van der Waals surface area contributed by atoms with Crippen molar-refractivity contribution in [2.45, 2.75) is 26.3 Å². The third-order valence-electron chi connectivity index (χ3n) is 3.05. The van der Waals surface area contributed by atoms with E-state index in [9.17, 15) is 4.79 Å². The van der Waals surface area contributed by atoms with E-state index in [0.29, 0.717) is 6.04 Å². The van der Waals surface area contributed by atoms with E-state index in [4.69, 9.17) is 0 Å². The van der Waals surface area contributed by atoms with E-state index in [2.05, 4.69) is 10.6 Å². The van der Waals surface area contributed by atoms with E-state index < -0.39 is 0 Å². The maximum atomic E-state index is 12.3. The Labute approximate surface area is 113 Å². The number of carbonyl (C=O) groups is 1. The van der Waals surface area contributed by atoms with E-state index in [-0.39, 0.29) is 5.91 Å². The Morgan fingerprint density at radius 1 is 1.50 bits per heavy atom. The van der Waals surface area contributed by atoms with Gasteiger partial charge < -0.3 is 10.6 Å². The average molecular weight is 264 g/mol. The molecule has 0 aromatic heterocycles. The van der Waals surface area contributed by atoms with Gasteiger partial charge in [0.25, 0.3) is 5.91 Å². The molecular weight excluding hydrogens is 244 g/mol. The summed E-state index contributed by atoms with van der Waals surface area (Å²) in [6.45, 7) is 4.87. The maximum absolute atomic E-state index is 12.3. The van der Waals surface area contributed by atoms with Crippen LogP contribution in [0, 0.1) is 6.92 Å². The molecule has 2 rings (SSSR count). The molecule has 1 aliphatic rings. The number of aryl methyl sites for hydroxylation is 1. The predicted molar refractivity (Wildman–Crippen MR) is 78.5 cm³/mol. The highest BCUT2D eigenvalue weighted by atomic mass is 32.2. The molecule has 1 aromatic rings. The molecule has 18 heavy (non-hydrogen) atoms. The van der Waals surface area contributed by atoms with Crippen LogP contribution in [0.4, 0.5) is 5.69 Å². The Kier molecular flexibility index (Phi) is 4.53. The molecule has 1 amide bonds. The molecule has 2 N–H and O–H groups in total. The lowest BCUT2D eigenvalue weighted by Gasteiger charge is -2.15. The summed E-state index contributed by atoms with van der Waals surface area (Å²) in [6.07, 6.45) is 1.08. The lowest BCUT2D eigenvalue weighted by Crippen LogP contribution is -2.35. The highest BCUT2D eigenvalue weighted by Crippen LogP contribution is 2.20. The quantitative estimate of drug-likeness (QED) is 0.878. The van der Waals surface area contributed by atoms with Gasteiger partial charge in [0.2, 0.25) is 0 Å². The second-order valence-electron chi connectivity index (χ2n) is 4.61. The SMILES string of the molecule is CCNc1ccc(C)cc1C(=O)NC1CCSC1. The topological polar surface area (TPSA) is 41.1 Å². The van der Waals surface area contributed by atoms with Gasteiger partial charge in [0.05, 0.1) is 5.56 Å². The van der Waals surface area contributed by atoms with Crippen LogP contribution < -0.4 is 10.6 Å². The summed E-state index contributed by atoms with van der Waals surface area (Å²) in [5.74, 6) is 2.23. The molecule has 1 aliphatic heterocycles. The number of thioether (sulfide) groups is 1. The van der Waals surface area contributed by atoms with Crippen molar-refractivity contribution in [1.82, 2.24) is 5.32 Å². The molecule has 0 saturated carbocycles. The van der Waals surface area contributed by atoms with Gasteiger partial charge in [-0.05, 0) is 38.2 Å². The van der Waals surface area contributed by atoms with E-state index in [1.165, 1.54) is 0 Å². The van der Waals surface area contributed by atoms with Crippen molar-refractivity contribution >= 4 is 23.4 Å². The standard InChI is InChI=1S/C14H20N2OS/c1-3-15-13-5-4-10(2)8-12(13)14(17)16-11-6-7-18-9-11/h4-5,8,11,15H,3,6-7,9H2,1-2H3,(H,16,17). The van der Waals surface area contributed by atoms with Crippen molar-refractivity contribution in [2.75, 3.05) is 23.4 Å². The third-order valence-corrected chi connectivity index (χ3v) is 4.21. The van der Waals surface area contributed by atoms with Crippen LogP contribution in [0.15, 0.2) is 18.2 Å².